The zero-order valence-corrected chi connectivity index (χ0v) is 9.77. The Balaban J connectivity index is 1.95. The highest BCUT2D eigenvalue weighted by Gasteiger charge is 2.47. The van der Waals surface area contributed by atoms with E-state index in [0.29, 0.717) is 11.8 Å². The van der Waals surface area contributed by atoms with Crippen molar-refractivity contribution in [2.45, 2.75) is 51.7 Å². The lowest BCUT2D eigenvalue weighted by atomic mass is 9.98. The number of carbonyl (C=O) groups excluding carboxylic acids is 2. The third-order valence-corrected chi connectivity index (χ3v) is 3.71. The third-order valence-electron chi connectivity index (χ3n) is 3.71. The van der Waals surface area contributed by atoms with Crippen LogP contribution in [0, 0.1) is 11.8 Å². The second-order valence-electron chi connectivity index (χ2n) is 4.78. The van der Waals surface area contributed by atoms with E-state index in [9.17, 15) is 9.59 Å². The lowest BCUT2D eigenvalue weighted by Gasteiger charge is -2.20. The molecule has 0 spiro atoms. The highest BCUT2D eigenvalue weighted by atomic mass is 16.6. The Hall–Kier alpha value is -1.06. The molecule has 2 aliphatic rings. The fourth-order valence-corrected chi connectivity index (χ4v) is 3.21. The van der Waals surface area contributed by atoms with E-state index >= 15 is 0 Å². The van der Waals surface area contributed by atoms with E-state index in [0.717, 1.165) is 25.7 Å². The van der Waals surface area contributed by atoms with Crippen LogP contribution in [0.5, 0.6) is 0 Å². The van der Waals surface area contributed by atoms with Gasteiger partial charge in [-0.15, -0.1) is 0 Å². The average molecular weight is 226 g/mol. The molecule has 2 rings (SSSR count). The van der Waals surface area contributed by atoms with Crippen molar-refractivity contribution in [3.63, 3.8) is 0 Å². The van der Waals surface area contributed by atoms with E-state index in [2.05, 4.69) is 0 Å². The fourth-order valence-electron chi connectivity index (χ4n) is 3.21. The van der Waals surface area contributed by atoms with Crippen LogP contribution in [0.3, 0.4) is 0 Å². The molecule has 16 heavy (non-hydrogen) atoms. The normalized spacial score (nSPS) is 36.9. The van der Waals surface area contributed by atoms with Crippen molar-refractivity contribution in [3.8, 4) is 0 Å². The molecule has 0 N–H and O–H groups in total. The van der Waals surface area contributed by atoms with Crippen molar-refractivity contribution < 1.29 is 19.1 Å². The first-order chi connectivity index (χ1) is 7.58. The van der Waals surface area contributed by atoms with Crippen molar-refractivity contribution in [2.24, 2.45) is 11.8 Å². The van der Waals surface area contributed by atoms with Gasteiger partial charge in [0, 0.05) is 25.7 Å². The van der Waals surface area contributed by atoms with Crippen LogP contribution in [-0.2, 0) is 19.1 Å². The molecule has 0 saturated heterocycles. The van der Waals surface area contributed by atoms with Gasteiger partial charge in [0.2, 0.25) is 0 Å². The minimum atomic E-state index is -0.207. The van der Waals surface area contributed by atoms with Gasteiger partial charge in [0.25, 0.3) is 0 Å². The molecule has 0 radical (unpaired) electrons. The largest absolute Gasteiger partial charge is 0.462 e. The Morgan fingerprint density at radius 1 is 0.812 bits per heavy atom. The highest BCUT2D eigenvalue weighted by molar-refractivity contribution is 5.66. The summed E-state index contributed by atoms with van der Waals surface area (Å²) >= 11 is 0. The van der Waals surface area contributed by atoms with Gasteiger partial charge >= 0.3 is 11.9 Å². The van der Waals surface area contributed by atoms with Gasteiger partial charge in [-0.2, -0.15) is 0 Å². The summed E-state index contributed by atoms with van der Waals surface area (Å²) in [4.78, 5) is 21.9. The smallest absolute Gasteiger partial charge is 0.302 e. The van der Waals surface area contributed by atoms with Crippen LogP contribution in [0.4, 0.5) is 0 Å². The van der Waals surface area contributed by atoms with E-state index in [4.69, 9.17) is 9.47 Å². The number of carbonyl (C=O) groups is 2. The number of esters is 2. The van der Waals surface area contributed by atoms with Gasteiger partial charge in [0.1, 0.15) is 12.2 Å². The fraction of sp³-hybridized carbons (Fsp3) is 0.833. The van der Waals surface area contributed by atoms with Gasteiger partial charge in [0.15, 0.2) is 0 Å². The van der Waals surface area contributed by atoms with Crippen LogP contribution in [0.2, 0.25) is 0 Å². The molecular weight excluding hydrogens is 208 g/mol. The van der Waals surface area contributed by atoms with E-state index < -0.39 is 0 Å². The summed E-state index contributed by atoms with van der Waals surface area (Å²) in [5.74, 6) is 0.379. The first kappa shape index (κ1) is 11.4. The first-order valence-corrected chi connectivity index (χ1v) is 5.92. The summed E-state index contributed by atoms with van der Waals surface area (Å²) in [7, 11) is 0. The summed E-state index contributed by atoms with van der Waals surface area (Å²) < 4.78 is 10.6. The Kier molecular flexibility index (Phi) is 3.17. The van der Waals surface area contributed by atoms with E-state index in [1.807, 2.05) is 0 Å². The molecule has 90 valence electrons. The van der Waals surface area contributed by atoms with E-state index in [1.165, 1.54) is 13.8 Å². The van der Waals surface area contributed by atoms with Gasteiger partial charge in [0.05, 0.1) is 0 Å². The van der Waals surface area contributed by atoms with Crippen molar-refractivity contribution >= 4 is 11.9 Å². The zero-order chi connectivity index (χ0) is 11.7. The summed E-state index contributed by atoms with van der Waals surface area (Å²) in [5, 5.41) is 0. The average Bonchev–Trinajstić information content (AvgIpc) is 2.70. The van der Waals surface area contributed by atoms with Gasteiger partial charge in [-0.3, -0.25) is 9.59 Å². The highest BCUT2D eigenvalue weighted by Crippen LogP contribution is 2.46. The molecule has 0 unspecified atom stereocenters. The molecule has 0 aromatic rings. The van der Waals surface area contributed by atoms with Gasteiger partial charge in [-0.1, -0.05) is 0 Å². The molecule has 4 atom stereocenters. The topological polar surface area (TPSA) is 52.6 Å². The van der Waals surface area contributed by atoms with E-state index in [1.54, 1.807) is 0 Å². The number of rotatable bonds is 2. The first-order valence-electron chi connectivity index (χ1n) is 5.92. The number of ether oxygens (including phenoxy) is 2. The van der Waals surface area contributed by atoms with Crippen molar-refractivity contribution in [2.75, 3.05) is 0 Å². The van der Waals surface area contributed by atoms with Crippen LogP contribution in [0.1, 0.15) is 39.5 Å². The maximum atomic E-state index is 10.9. The molecular formula is C12H18O4. The SMILES string of the molecule is CC(=O)O[C@H]1CC[C@H]2[C@H]1CC[C@@H]2OC(C)=O. The van der Waals surface area contributed by atoms with Crippen LogP contribution in [0.15, 0.2) is 0 Å². The monoisotopic (exact) mass is 226 g/mol. The molecule has 0 amide bonds. The molecule has 4 heteroatoms. The molecule has 0 aromatic carbocycles. The van der Waals surface area contributed by atoms with Gasteiger partial charge in [-0.25, -0.2) is 0 Å². The van der Waals surface area contributed by atoms with Gasteiger partial charge in [-0.05, 0) is 25.7 Å². The Labute approximate surface area is 95.3 Å². The molecule has 2 fully saturated rings. The molecule has 0 aliphatic heterocycles. The lowest BCUT2D eigenvalue weighted by molar-refractivity contribution is -0.150. The Morgan fingerprint density at radius 2 is 1.19 bits per heavy atom. The lowest BCUT2D eigenvalue weighted by Crippen LogP contribution is -2.25. The molecule has 0 heterocycles. The minimum Gasteiger partial charge on any atom is -0.462 e. The maximum Gasteiger partial charge on any atom is 0.302 e. The Morgan fingerprint density at radius 3 is 1.50 bits per heavy atom. The maximum absolute atomic E-state index is 10.9. The summed E-state index contributed by atoms with van der Waals surface area (Å²) in [6.07, 6.45) is 3.91. The summed E-state index contributed by atoms with van der Waals surface area (Å²) in [6, 6.07) is 0. The Bertz CT molecular complexity index is 269. The van der Waals surface area contributed by atoms with Crippen LogP contribution in [0.25, 0.3) is 0 Å². The molecule has 0 bridgehead atoms. The summed E-state index contributed by atoms with van der Waals surface area (Å²) in [5.41, 5.74) is 0. The number of hydrogen-bond acceptors (Lipinski definition) is 4. The second-order valence-corrected chi connectivity index (χ2v) is 4.78. The number of fused-ring (bicyclic) bond motifs is 1. The van der Waals surface area contributed by atoms with Crippen molar-refractivity contribution in [1.82, 2.24) is 0 Å². The third kappa shape index (κ3) is 2.20. The minimum absolute atomic E-state index is 0.0445. The standard InChI is InChI=1S/C12H18O4/c1-7(13)15-11-5-3-10-9(11)4-6-12(10)16-8(2)14/h9-12H,3-6H2,1-2H3/t9-,10+,11-,12-/m0/s1. The van der Waals surface area contributed by atoms with Crippen molar-refractivity contribution in [1.29, 1.82) is 0 Å². The van der Waals surface area contributed by atoms with Crippen LogP contribution >= 0.6 is 0 Å². The quantitative estimate of drug-likeness (QED) is 0.672. The van der Waals surface area contributed by atoms with Crippen molar-refractivity contribution in [3.05, 3.63) is 0 Å². The summed E-state index contributed by atoms with van der Waals surface area (Å²) in [6.45, 7) is 2.90. The predicted molar refractivity (Wildman–Crippen MR) is 56.6 cm³/mol. The van der Waals surface area contributed by atoms with Crippen LogP contribution in [-0.4, -0.2) is 24.1 Å². The molecule has 2 saturated carbocycles. The zero-order valence-electron chi connectivity index (χ0n) is 9.77. The predicted octanol–water partition coefficient (Wildman–Crippen LogP) is 1.67. The second kappa shape index (κ2) is 4.44. The van der Waals surface area contributed by atoms with Crippen LogP contribution < -0.4 is 0 Å². The molecule has 4 nitrogen and oxygen atoms in total. The molecule has 2 aliphatic carbocycles. The number of hydrogen-bond donors (Lipinski definition) is 0. The molecule has 0 aromatic heterocycles. The van der Waals surface area contributed by atoms with E-state index in [-0.39, 0.29) is 24.1 Å². The van der Waals surface area contributed by atoms with Gasteiger partial charge < -0.3 is 9.47 Å².